The molecule has 176 valence electrons. The molecule has 33 heavy (non-hydrogen) atoms. The van der Waals surface area contributed by atoms with Gasteiger partial charge in [-0.3, -0.25) is 9.59 Å². The highest BCUT2D eigenvalue weighted by Crippen LogP contribution is 2.44. The first kappa shape index (κ1) is 23.2. The van der Waals surface area contributed by atoms with Gasteiger partial charge in [-0.1, -0.05) is 30.3 Å². The normalized spacial score (nSPS) is 20.1. The summed E-state index contributed by atoms with van der Waals surface area (Å²) in [5.41, 5.74) is 2.43. The SMILES string of the molecule is CNC(=O)c1cc(C(=O)NCCCN2CCNCC2)cc2c1O[C@H](CO)[C@H]2c1ccccc1. The van der Waals surface area contributed by atoms with Crippen LogP contribution in [0.5, 0.6) is 5.75 Å². The minimum Gasteiger partial charge on any atom is -0.486 e. The summed E-state index contributed by atoms with van der Waals surface area (Å²) in [7, 11) is 1.55. The number of ether oxygens (including phenoxy) is 1. The number of hydrogen-bond acceptors (Lipinski definition) is 6. The highest BCUT2D eigenvalue weighted by atomic mass is 16.5. The molecule has 2 aliphatic rings. The zero-order valence-corrected chi connectivity index (χ0v) is 19.0. The summed E-state index contributed by atoms with van der Waals surface area (Å²) in [5.74, 6) is -0.389. The molecular weight excluding hydrogens is 420 g/mol. The van der Waals surface area contributed by atoms with Crippen LogP contribution in [-0.4, -0.2) is 80.8 Å². The van der Waals surface area contributed by atoms with E-state index in [1.54, 1.807) is 19.2 Å². The molecule has 2 aliphatic heterocycles. The largest absolute Gasteiger partial charge is 0.486 e. The Morgan fingerprint density at radius 2 is 1.91 bits per heavy atom. The summed E-state index contributed by atoms with van der Waals surface area (Å²) >= 11 is 0. The molecule has 1 saturated heterocycles. The Morgan fingerprint density at radius 3 is 2.61 bits per heavy atom. The van der Waals surface area contributed by atoms with Crippen LogP contribution in [0.4, 0.5) is 0 Å². The molecule has 2 heterocycles. The third-order valence-corrected chi connectivity index (χ3v) is 6.31. The Kier molecular flexibility index (Phi) is 7.59. The Hall–Kier alpha value is -2.94. The fraction of sp³-hybridized carbons (Fsp3) is 0.440. The maximum Gasteiger partial charge on any atom is 0.254 e. The van der Waals surface area contributed by atoms with E-state index < -0.39 is 6.10 Å². The molecule has 0 radical (unpaired) electrons. The summed E-state index contributed by atoms with van der Waals surface area (Å²) in [5, 5.41) is 18.9. The van der Waals surface area contributed by atoms with Crippen molar-refractivity contribution in [2.75, 3.05) is 52.9 Å². The Balaban J connectivity index is 1.55. The zero-order valence-electron chi connectivity index (χ0n) is 19.0. The quantitative estimate of drug-likeness (QED) is 0.445. The topological polar surface area (TPSA) is 103 Å². The number of hydrogen-bond donors (Lipinski definition) is 4. The number of benzene rings is 2. The van der Waals surface area contributed by atoms with Crippen molar-refractivity contribution in [1.29, 1.82) is 0 Å². The first-order chi connectivity index (χ1) is 16.1. The predicted molar refractivity (Wildman–Crippen MR) is 126 cm³/mol. The Morgan fingerprint density at radius 1 is 1.15 bits per heavy atom. The summed E-state index contributed by atoms with van der Waals surface area (Å²) in [6.45, 7) is 5.37. The van der Waals surface area contributed by atoms with Gasteiger partial charge in [0, 0.05) is 50.9 Å². The fourth-order valence-corrected chi connectivity index (χ4v) is 4.61. The average molecular weight is 453 g/mol. The second kappa shape index (κ2) is 10.8. The number of carbonyl (C=O) groups excluding carboxylic acids is 2. The number of nitrogens with one attached hydrogen (secondary N) is 3. The fourth-order valence-electron chi connectivity index (χ4n) is 4.61. The smallest absolute Gasteiger partial charge is 0.254 e. The van der Waals surface area contributed by atoms with Crippen molar-refractivity contribution in [3.05, 3.63) is 64.7 Å². The monoisotopic (exact) mass is 452 g/mol. The van der Waals surface area contributed by atoms with Crippen molar-refractivity contribution in [3.63, 3.8) is 0 Å². The number of aliphatic hydroxyl groups excluding tert-OH is 1. The van der Waals surface area contributed by atoms with E-state index in [9.17, 15) is 14.7 Å². The van der Waals surface area contributed by atoms with E-state index in [4.69, 9.17) is 4.74 Å². The molecule has 0 aliphatic carbocycles. The van der Waals surface area contributed by atoms with E-state index in [0.717, 1.165) is 50.3 Å². The lowest BCUT2D eigenvalue weighted by Crippen LogP contribution is -2.44. The molecule has 8 heteroatoms. The van der Waals surface area contributed by atoms with E-state index in [1.165, 1.54) is 0 Å². The van der Waals surface area contributed by atoms with Gasteiger partial charge in [0.05, 0.1) is 18.1 Å². The van der Waals surface area contributed by atoms with Gasteiger partial charge >= 0.3 is 0 Å². The number of aliphatic hydroxyl groups is 1. The standard InChI is InChI=1S/C25H32N4O4/c1-26-25(32)20-15-18(24(31)28-8-5-11-29-12-9-27-10-13-29)14-19-22(17-6-3-2-4-7-17)21(16-30)33-23(19)20/h2-4,6-7,14-15,21-22,27,30H,5,8-13,16H2,1H3,(H,26,32)(H,28,31)/t21-,22+/m1/s1. The molecule has 2 aromatic rings. The molecule has 2 atom stereocenters. The minimum absolute atomic E-state index is 0.199. The molecular formula is C25H32N4O4. The summed E-state index contributed by atoms with van der Waals surface area (Å²) < 4.78 is 6.02. The maximum absolute atomic E-state index is 13.0. The second-order valence-electron chi connectivity index (χ2n) is 8.45. The first-order valence-electron chi connectivity index (χ1n) is 11.6. The minimum atomic E-state index is -0.525. The third kappa shape index (κ3) is 5.19. The van der Waals surface area contributed by atoms with E-state index in [1.807, 2.05) is 30.3 Å². The van der Waals surface area contributed by atoms with Crippen molar-refractivity contribution < 1.29 is 19.4 Å². The molecule has 0 bridgehead atoms. The number of fused-ring (bicyclic) bond motifs is 1. The van der Waals surface area contributed by atoms with Gasteiger partial charge in [0.15, 0.2) is 0 Å². The van der Waals surface area contributed by atoms with E-state index >= 15 is 0 Å². The van der Waals surface area contributed by atoms with Crippen LogP contribution in [0.1, 0.15) is 44.2 Å². The van der Waals surface area contributed by atoms with Crippen LogP contribution in [-0.2, 0) is 0 Å². The van der Waals surface area contributed by atoms with Crippen LogP contribution in [0.2, 0.25) is 0 Å². The molecule has 2 aromatic carbocycles. The number of nitrogens with zero attached hydrogens (tertiary/aromatic N) is 1. The maximum atomic E-state index is 13.0. The van der Waals surface area contributed by atoms with Crippen LogP contribution >= 0.6 is 0 Å². The van der Waals surface area contributed by atoms with E-state index in [2.05, 4.69) is 20.9 Å². The number of rotatable bonds is 8. The van der Waals surface area contributed by atoms with Crippen LogP contribution in [0.15, 0.2) is 42.5 Å². The van der Waals surface area contributed by atoms with Gasteiger partial charge in [0.2, 0.25) is 0 Å². The number of carbonyl (C=O) groups is 2. The first-order valence-corrected chi connectivity index (χ1v) is 11.6. The Labute approximate surface area is 194 Å². The van der Waals surface area contributed by atoms with Crippen LogP contribution in [0, 0.1) is 0 Å². The molecule has 2 amide bonds. The molecule has 0 unspecified atom stereocenters. The lowest BCUT2D eigenvalue weighted by molar-refractivity contribution is 0.0947. The van der Waals surface area contributed by atoms with Gasteiger partial charge < -0.3 is 30.7 Å². The number of piperazine rings is 1. The second-order valence-corrected chi connectivity index (χ2v) is 8.45. The number of amides is 2. The van der Waals surface area contributed by atoms with E-state index in [0.29, 0.717) is 23.4 Å². The molecule has 4 rings (SSSR count). The highest BCUT2D eigenvalue weighted by molar-refractivity contribution is 6.02. The molecule has 0 spiro atoms. The van der Waals surface area contributed by atoms with Crippen molar-refractivity contribution in [1.82, 2.24) is 20.9 Å². The average Bonchev–Trinajstić information content (AvgIpc) is 3.25. The molecule has 8 nitrogen and oxygen atoms in total. The highest BCUT2D eigenvalue weighted by Gasteiger charge is 2.38. The third-order valence-electron chi connectivity index (χ3n) is 6.31. The van der Waals surface area contributed by atoms with Crippen molar-refractivity contribution in [2.24, 2.45) is 0 Å². The molecule has 1 fully saturated rings. The van der Waals surface area contributed by atoms with Gasteiger partial charge in [0.25, 0.3) is 11.8 Å². The predicted octanol–water partition coefficient (Wildman–Crippen LogP) is 0.957. The lowest BCUT2D eigenvalue weighted by atomic mass is 9.86. The van der Waals surface area contributed by atoms with Gasteiger partial charge in [-0.05, 0) is 30.7 Å². The van der Waals surface area contributed by atoms with Crippen molar-refractivity contribution in [2.45, 2.75) is 18.4 Å². The van der Waals surface area contributed by atoms with Gasteiger partial charge in [-0.15, -0.1) is 0 Å². The van der Waals surface area contributed by atoms with E-state index in [-0.39, 0.29) is 24.3 Å². The molecule has 0 saturated carbocycles. The lowest BCUT2D eigenvalue weighted by Gasteiger charge is -2.27. The van der Waals surface area contributed by atoms with Gasteiger partial charge in [0.1, 0.15) is 11.9 Å². The van der Waals surface area contributed by atoms with Crippen LogP contribution in [0.3, 0.4) is 0 Å². The van der Waals surface area contributed by atoms with Gasteiger partial charge in [-0.2, -0.15) is 0 Å². The molecule has 0 aromatic heterocycles. The summed E-state index contributed by atoms with van der Waals surface area (Å²) in [6, 6.07) is 13.1. The van der Waals surface area contributed by atoms with Crippen LogP contribution < -0.4 is 20.7 Å². The van der Waals surface area contributed by atoms with Crippen molar-refractivity contribution >= 4 is 11.8 Å². The Bertz CT molecular complexity index is 976. The molecule has 4 N–H and O–H groups in total. The van der Waals surface area contributed by atoms with Crippen molar-refractivity contribution in [3.8, 4) is 5.75 Å². The van der Waals surface area contributed by atoms with Gasteiger partial charge in [-0.25, -0.2) is 0 Å². The summed E-state index contributed by atoms with van der Waals surface area (Å²) in [4.78, 5) is 28.0. The zero-order chi connectivity index (χ0) is 23.2. The summed E-state index contributed by atoms with van der Waals surface area (Å²) in [6.07, 6.45) is 0.338. The van der Waals surface area contributed by atoms with Crippen LogP contribution in [0.25, 0.3) is 0 Å².